The largest absolute Gasteiger partial charge is 0.316 e. The van der Waals surface area contributed by atoms with Crippen molar-refractivity contribution in [1.29, 1.82) is 0 Å². The van der Waals surface area contributed by atoms with E-state index in [1.165, 1.54) is 58.3 Å². The van der Waals surface area contributed by atoms with Gasteiger partial charge in [0.1, 0.15) is 0 Å². The summed E-state index contributed by atoms with van der Waals surface area (Å²) in [5.74, 6) is 0.841. The molecular formula is C17H26N2. The Labute approximate surface area is 117 Å². The van der Waals surface area contributed by atoms with Crippen LogP contribution in [-0.2, 0) is 13.0 Å². The summed E-state index contributed by atoms with van der Waals surface area (Å²) in [5.41, 5.74) is 3.15. The van der Waals surface area contributed by atoms with Crippen LogP contribution in [0.25, 0.3) is 0 Å². The van der Waals surface area contributed by atoms with Gasteiger partial charge in [0.25, 0.3) is 0 Å². The van der Waals surface area contributed by atoms with Gasteiger partial charge in [-0.3, -0.25) is 4.90 Å². The molecule has 1 N–H and O–H groups in total. The Morgan fingerprint density at radius 2 is 1.84 bits per heavy atom. The molecule has 1 aromatic carbocycles. The van der Waals surface area contributed by atoms with E-state index in [4.69, 9.17) is 0 Å². The van der Waals surface area contributed by atoms with Gasteiger partial charge in [-0.1, -0.05) is 24.3 Å². The molecule has 2 heterocycles. The number of likely N-dealkylation sites (tertiary alicyclic amines) is 1. The second-order valence-corrected chi connectivity index (χ2v) is 6.17. The van der Waals surface area contributed by atoms with Crippen molar-refractivity contribution in [3.8, 4) is 0 Å². The van der Waals surface area contributed by atoms with Crippen LogP contribution >= 0.6 is 0 Å². The van der Waals surface area contributed by atoms with Gasteiger partial charge in [0.05, 0.1) is 0 Å². The van der Waals surface area contributed by atoms with Gasteiger partial charge in [0.15, 0.2) is 0 Å². The average Bonchev–Trinajstić information content (AvgIpc) is 2.95. The Morgan fingerprint density at radius 1 is 1.05 bits per heavy atom. The van der Waals surface area contributed by atoms with Crippen molar-refractivity contribution in [3.63, 3.8) is 0 Å². The van der Waals surface area contributed by atoms with E-state index in [1.807, 2.05) is 0 Å². The van der Waals surface area contributed by atoms with Crippen LogP contribution in [-0.4, -0.2) is 31.1 Å². The van der Waals surface area contributed by atoms with E-state index in [1.54, 1.807) is 11.1 Å². The topological polar surface area (TPSA) is 15.3 Å². The van der Waals surface area contributed by atoms with E-state index in [9.17, 15) is 0 Å². The Bertz CT molecular complexity index is 390. The fourth-order valence-corrected chi connectivity index (χ4v) is 3.50. The van der Waals surface area contributed by atoms with Gasteiger partial charge in [-0.25, -0.2) is 0 Å². The Morgan fingerprint density at radius 3 is 2.58 bits per heavy atom. The van der Waals surface area contributed by atoms with Gasteiger partial charge >= 0.3 is 0 Å². The van der Waals surface area contributed by atoms with Gasteiger partial charge in [-0.2, -0.15) is 0 Å². The van der Waals surface area contributed by atoms with E-state index in [0.29, 0.717) is 0 Å². The fraction of sp³-hybridized carbons (Fsp3) is 0.647. The molecule has 19 heavy (non-hydrogen) atoms. The molecule has 0 aromatic heterocycles. The highest BCUT2D eigenvalue weighted by Gasteiger charge is 2.17. The summed E-state index contributed by atoms with van der Waals surface area (Å²) >= 11 is 0. The molecule has 1 atom stereocenters. The molecule has 2 fully saturated rings. The standard InChI is InChI=1S/C17H26N2/c1-2-8-17(14-19-10-3-4-11-19)16(7-1)12-15-6-5-9-18-13-15/h1-2,7-8,15,18H,3-6,9-14H2. The molecule has 0 aliphatic carbocycles. The molecule has 2 nitrogen and oxygen atoms in total. The van der Waals surface area contributed by atoms with Crippen molar-refractivity contribution in [2.24, 2.45) is 5.92 Å². The molecule has 0 saturated carbocycles. The molecule has 2 saturated heterocycles. The van der Waals surface area contributed by atoms with Crippen LogP contribution in [0.3, 0.4) is 0 Å². The van der Waals surface area contributed by atoms with Crippen molar-refractivity contribution in [2.75, 3.05) is 26.2 Å². The molecule has 2 heteroatoms. The molecule has 2 aliphatic rings. The summed E-state index contributed by atoms with van der Waals surface area (Å²) in [6.45, 7) is 6.17. The SMILES string of the molecule is c1ccc(CN2CCCC2)c(CC2CCCNC2)c1. The number of rotatable bonds is 4. The molecule has 0 bridgehead atoms. The van der Waals surface area contributed by atoms with E-state index in [2.05, 4.69) is 34.5 Å². The summed E-state index contributed by atoms with van der Waals surface area (Å²) in [6, 6.07) is 9.09. The second kappa shape index (κ2) is 6.53. The quantitative estimate of drug-likeness (QED) is 0.893. The Kier molecular flexibility index (Phi) is 4.52. The lowest BCUT2D eigenvalue weighted by atomic mass is 9.90. The van der Waals surface area contributed by atoms with Crippen LogP contribution in [0.2, 0.25) is 0 Å². The molecule has 2 aliphatic heterocycles. The first-order valence-electron chi connectivity index (χ1n) is 7.91. The Balaban J connectivity index is 1.65. The number of benzene rings is 1. The number of hydrogen-bond acceptors (Lipinski definition) is 2. The van der Waals surface area contributed by atoms with Crippen molar-refractivity contribution >= 4 is 0 Å². The van der Waals surface area contributed by atoms with Gasteiger partial charge in [0.2, 0.25) is 0 Å². The van der Waals surface area contributed by atoms with E-state index >= 15 is 0 Å². The monoisotopic (exact) mass is 258 g/mol. The van der Waals surface area contributed by atoms with E-state index in [0.717, 1.165) is 12.5 Å². The molecule has 1 aromatic rings. The summed E-state index contributed by atoms with van der Waals surface area (Å²) in [5, 5.41) is 3.54. The van der Waals surface area contributed by atoms with Crippen molar-refractivity contribution < 1.29 is 0 Å². The number of hydrogen-bond donors (Lipinski definition) is 1. The zero-order valence-corrected chi connectivity index (χ0v) is 11.9. The third-order valence-corrected chi connectivity index (χ3v) is 4.62. The molecule has 3 rings (SSSR count). The summed E-state index contributed by atoms with van der Waals surface area (Å²) < 4.78 is 0. The highest BCUT2D eigenvalue weighted by molar-refractivity contribution is 5.27. The van der Waals surface area contributed by atoms with Crippen LogP contribution in [0.1, 0.15) is 36.8 Å². The normalized spacial score (nSPS) is 24.7. The van der Waals surface area contributed by atoms with Crippen LogP contribution < -0.4 is 5.32 Å². The molecular weight excluding hydrogens is 232 g/mol. The maximum atomic E-state index is 3.54. The van der Waals surface area contributed by atoms with Crippen molar-refractivity contribution in [3.05, 3.63) is 35.4 Å². The highest BCUT2D eigenvalue weighted by atomic mass is 15.1. The predicted molar refractivity (Wildman–Crippen MR) is 80.3 cm³/mol. The third kappa shape index (κ3) is 3.58. The van der Waals surface area contributed by atoms with Crippen LogP contribution in [0.5, 0.6) is 0 Å². The van der Waals surface area contributed by atoms with Crippen LogP contribution in [0.15, 0.2) is 24.3 Å². The molecule has 0 radical (unpaired) electrons. The lowest BCUT2D eigenvalue weighted by Gasteiger charge is -2.24. The average molecular weight is 258 g/mol. The fourth-order valence-electron chi connectivity index (χ4n) is 3.50. The lowest BCUT2D eigenvalue weighted by molar-refractivity contribution is 0.327. The zero-order chi connectivity index (χ0) is 12.9. The smallest absolute Gasteiger partial charge is 0.0236 e. The minimum Gasteiger partial charge on any atom is -0.316 e. The minimum atomic E-state index is 0.841. The summed E-state index contributed by atoms with van der Waals surface area (Å²) in [4.78, 5) is 2.61. The van der Waals surface area contributed by atoms with Crippen LogP contribution in [0.4, 0.5) is 0 Å². The third-order valence-electron chi connectivity index (χ3n) is 4.62. The van der Waals surface area contributed by atoms with Gasteiger partial charge in [-0.05, 0) is 75.3 Å². The summed E-state index contributed by atoms with van der Waals surface area (Å²) in [6.07, 6.45) is 6.77. The van der Waals surface area contributed by atoms with Gasteiger partial charge in [-0.15, -0.1) is 0 Å². The first kappa shape index (κ1) is 13.1. The second-order valence-electron chi connectivity index (χ2n) is 6.17. The number of nitrogens with zero attached hydrogens (tertiary/aromatic N) is 1. The lowest BCUT2D eigenvalue weighted by Crippen LogP contribution is -2.31. The van der Waals surface area contributed by atoms with E-state index in [-0.39, 0.29) is 0 Å². The highest BCUT2D eigenvalue weighted by Crippen LogP contribution is 2.21. The number of piperidine rings is 1. The Hall–Kier alpha value is -0.860. The van der Waals surface area contributed by atoms with Gasteiger partial charge < -0.3 is 5.32 Å². The minimum absolute atomic E-state index is 0.841. The van der Waals surface area contributed by atoms with Crippen molar-refractivity contribution in [1.82, 2.24) is 10.2 Å². The maximum absolute atomic E-state index is 3.54. The van der Waals surface area contributed by atoms with Gasteiger partial charge in [0, 0.05) is 6.54 Å². The first-order chi connectivity index (χ1) is 9.42. The zero-order valence-electron chi connectivity index (χ0n) is 11.9. The summed E-state index contributed by atoms with van der Waals surface area (Å²) in [7, 11) is 0. The van der Waals surface area contributed by atoms with Crippen LogP contribution in [0, 0.1) is 5.92 Å². The molecule has 104 valence electrons. The first-order valence-corrected chi connectivity index (χ1v) is 7.91. The van der Waals surface area contributed by atoms with E-state index < -0.39 is 0 Å². The number of nitrogens with one attached hydrogen (secondary N) is 1. The molecule has 0 amide bonds. The predicted octanol–water partition coefficient (Wildman–Crippen LogP) is 2.82. The molecule has 1 unspecified atom stereocenters. The maximum Gasteiger partial charge on any atom is 0.0236 e. The molecule has 0 spiro atoms. The van der Waals surface area contributed by atoms with Crippen molar-refractivity contribution in [2.45, 2.75) is 38.6 Å².